The van der Waals surface area contributed by atoms with Crippen LogP contribution in [0.4, 0.5) is 4.79 Å². The largest absolute Gasteiger partial charge is 0.445 e. The molecule has 1 N–H and O–H groups in total. The Morgan fingerprint density at radius 2 is 2.00 bits per heavy atom. The Morgan fingerprint density at radius 3 is 2.58 bits per heavy atom. The van der Waals surface area contributed by atoms with Crippen LogP contribution in [0.1, 0.15) is 25.3 Å². The van der Waals surface area contributed by atoms with E-state index >= 15 is 0 Å². The van der Waals surface area contributed by atoms with Crippen molar-refractivity contribution in [1.29, 1.82) is 0 Å². The summed E-state index contributed by atoms with van der Waals surface area (Å²) in [6, 6.07) is 9.67. The topological polar surface area (TPSA) is 49.8 Å². The maximum atomic E-state index is 11.9. The second kappa shape index (κ2) is 6.57. The maximum Gasteiger partial charge on any atom is 0.410 e. The molecule has 0 aromatic heterocycles. The number of piperidine rings is 1. The third kappa shape index (κ3) is 3.96. The van der Waals surface area contributed by atoms with E-state index in [9.17, 15) is 9.90 Å². The molecule has 104 valence electrons. The normalized spacial score (nSPS) is 18.1. The minimum atomic E-state index is -0.289. The molecule has 0 radical (unpaired) electrons. The van der Waals surface area contributed by atoms with Gasteiger partial charge in [-0.15, -0.1) is 0 Å². The van der Waals surface area contributed by atoms with Crippen LogP contribution in [0.15, 0.2) is 30.3 Å². The predicted molar refractivity (Wildman–Crippen MR) is 72.6 cm³/mol. The van der Waals surface area contributed by atoms with Gasteiger partial charge in [-0.25, -0.2) is 4.79 Å². The van der Waals surface area contributed by atoms with Crippen LogP contribution in [0, 0.1) is 5.92 Å². The van der Waals surface area contributed by atoms with Gasteiger partial charge >= 0.3 is 6.09 Å². The van der Waals surface area contributed by atoms with Crippen molar-refractivity contribution >= 4 is 6.09 Å². The molecule has 2 rings (SSSR count). The predicted octanol–water partition coefficient (Wildman–Crippen LogP) is 2.42. The van der Waals surface area contributed by atoms with Crippen LogP contribution in [-0.4, -0.2) is 35.3 Å². The Hall–Kier alpha value is -1.55. The number of hydrogen-bond acceptors (Lipinski definition) is 3. The summed E-state index contributed by atoms with van der Waals surface area (Å²) in [5.41, 5.74) is 0.995. The molecule has 1 heterocycles. The number of aliphatic hydroxyl groups is 1. The lowest BCUT2D eigenvalue weighted by Gasteiger charge is -2.32. The molecular formula is C15H21NO3. The molecule has 1 aliphatic heterocycles. The molecule has 1 fully saturated rings. The number of rotatable bonds is 3. The Balaban J connectivity index is 1.76. The van der Waals surface area contributed by atoms with E-state index in [2.05, 4.69) is 0 Å². The van der Waals surface area contributed by atoms with E-state index in [0.717, 1.165) is 18.4 Å². The fourth-order valence-electron chi connectivity index (χ4n) is 2.38. The maximum absolute atomic E-state index is 11.9. The molecule has 1 aromatic rings. The lowest BCUT2D eigenvalue weighted by molar-refractivity contribution is 0.0526. The van der Waals surface area contributed by atoms with Gasteiger partial charge in [0.1, 0.15) is 6.61 Å². The summed E-state index contributed by atoms with van der Waals surface area (Å²) >= 11 is 0. The number of likely N-dealkylation sites (tertiary alicyclic amines) is 1. The lowest BCUT2D eigenvalue weighted by Crippen LogP contribution is -2.40. The smallest absolute Gasteiger partial charge is 0.410 e. The summed E-state index contributed by atoms with van der Waals surface area (Å²) in [4.78, 5) is 13.6. The summed E-state index contributed by atoms with van der Waals surface area (Å²) in [7, 11) is 0. The van der Waals surface area contributed by atoms with Crippen molar-refractivity contribution in [1.82, 2.24) is 4.90 Å². The van der Waals surface area contributed by atoms with Gasteiger partial charge < -0.3 is 14.7 Å². The van der Waals surface area contributed by atoms with Gasteiger partial charge in [-0.05, 0) is 31.2 Å². The minimum absolute atomic E-state index is 0.257. The van der Waals surface area contributed by atoms with Gasteiger partial charge in [-0.1, -0.05) is 30.3 Å². The van der Waals surface area contributed by atoms with Crippen molar-refractivity contribution in [3.63, 3.8) is 0 Å². The second-order valence-corrected chi connectivity index (χ2v) is 5.11. The third-order valence-corrected chi connectivity index (χ3v) is 3.69. The van der Waals surface area contributed by atoms with E-state index in [1.807, 2.05) is 37.3 Å². The first-order valence-electron chi connectivity index (χ1n) is 6.80. The van der Waals surface area contributed by atoms with Gasteiger partial charge in [0.05, 0.1) is 6.10 Å². The molecule has 0 unspecified atom stereocenters. The number of nitrogens with zero attached hydrogens (tertiary/aromatic N) is 1. The summed E-state index contributed by atoms with van der Waals surface area (Å²) in [5, 5.41) is 9.52. The molecule has 4 heteroatoms. The van der Waals surface area contributed by atoms with Crippen molar-refractivity contribution in [3.05, 3.63) is 35.9 Å². The monoisotopic (exact) mass is 263 g/mol. The van der Waals surface area contributed by atoms with Gasteiger partial charge in [0.15, 0.2) is 0 Å². The highest BCUT2D eigenvalue weighted by molar-refractivity contribution is 5.67. The number of carbonyl (C=O) groups excluding carboxylic acids is 1. The van der Waals surface area contributed by atoms with E-state index < -0.39 is 0 Å². The molecule has 19 heavy (non-hydrogen) atoms. The van der Waals surface area contributed by atoms with E-state index in [-0.39, 0.29) is 12.2 Å². The Labute approximate surface area is 114 Å². The molecule has 0 aliphatic carbocycles. The highest BCUT2D eigenvalue weighted by Crippen LogP contribution is 2.21. The number of benzene rings is 1. The molecule has 1 aromatic carbocycles. The SMILES string of the molecule is C[C@@H](O)C1CCN(C(=O)OCc2ccccc2)CC1. The minimum Gasteiger partial charge on any atom is -0.445 e. The van der Waals surface area contributed by atoms with Crippen LogP contribution < -0.4 is 0 Å². The molecule has 1 atom stereocenters. The summed E-state index contributed by atoms with van der Waals surface area (Å²) in [6.45, 7) is 3.47. The summed E-state index contributed by atoms with van der Waals surface area (Å²) in [6.07, 6.45) is 1.14. The lowest BCUT2D eigenvalue weighted by atomic mass is 9.92. The van der Waals surface area contributed by atoms with Crippen molar-refractivity contribution < 1.29 is 14.6 Å². The van der Waals surface area contributed by atoms with Crippen LogP contribution >= 0.6 is 0 Å². The molecule has 1 saturated heterocycles. The van der Waals surface area contributed by atoms with Gasteiger partial charge in [0.2, 0.25) is 0 Å². The molecule has 0 bridgehead atoms. The Bertz CT molecular complexity index is 397. The van der Waals surface area contributed by atoms with Gasteiger partial charge in [0.25, 0.3) is 0 Å². The Morgan fingerprint density at radius 1 is 1.37 bits per heavy atom. The van der Waals surface area contributed by atoms with E-state index in [0.29, 0.717) is 25.6 Å². The zero-order valence-electron chi connectivity index (χ0n) is 11.3. The van der Waals surface area contributed by atoms with Crippen LogP contribution in [0.5, 0.6) is 0 Å². The first-order chi connectivity index (χ1) is 9.16. The average molecular weight is 263 g/mol. The van der Waals surface area contributed by atoms with Crippen LogP contribution in [0.3, 0.4) is 0 Å². The standard InChI is InChI=1S/C15H21NO3/c1-12(17)14-7-9-16(10-8-14)15(18)19-11-13-5-3-2-4-6-13/h2-6,12,14,17H,7-11H2,1H3/t12-/m1/s1. The number of amides is 1. The zero-order valence-corrected chi connectivity index (χ0v) is 11.3. The zero-order chi connectivity index (χ0) is 13.7. The molecule has 0 saturated carbocycles. The molecule has 4 nitrogen and oxygen atoms in total. The van der Waals surface area contributed by atoms with Crippen molar-refractivity contribution in [2.75, 3.05) is 13.1 Å². The number of ether oxygens (including phenoxy) is 1. The van der Waals surface area contributed by atoms with Gasteiger partial charge in [-0.2, -0.15) is 0 Å². The van der Waals surface area contributed by atoms with Crippen LogP contribution in [-0.2, 0) is 11.3 Å². The number of carbonyl (C=O) groups is 1. The highest BCUT2D eigenvalue weighted by Gasteiger charge is 2.26. The van der Waals surface area contributed by atoms with Crippen molar-refractivity contribution in [2.45, 2.75) is 32.5 Å². The van der Waals surface area contributed by atoms with Crippen LogP contribution in [0.25, 0.3) is 0 Å². The number of aliphatic hydroxyl groups excluding tert-OH is 1. The average Bonchev–Trinajstić information content (AvgIpc) is 2.46. The first-order valence-corrected chi connectivity index (χ1v) is 6.80. The summed E-state index contributed by atoms with van der Waals surface area (Å²) < 4.78 is 5.29. The third-order valence-electron chi connectivity index (χ3n) is 3.69. The highest BCUT2D eigenvalue weighted by atomic mass is 16.6. The van der Waals surface area contributed by atoms with Crippen molar-refractivity contribution in [3.8, 4) is 0 Å². The van der Waals surface area contributed by atoms with Crippen LogP contribution in [0.2, 0.25) is 0 Å². The number of hydrogen-bond donors (Lipinski definition) is 1. The molecule has 0 spiro atoms. The quantitative estimate of drug-likeness (QED) is 0.911. The van der Waals surface area contributed by atoms with Gasteiger partial charge in [0, 0.05) is 13.1 Å². The molecule has 1 amide bonds. The Kier molecular flexibility index (Phi) is 4.80. The molecular weight excluding hydrogens is 242 g/mol. The molecule has 1 aliphatic rings. The fraction of sp³-hybridized carbons (Fsp3) is 0.533. The van der Waals surface area contributed by atoms with Crippen molar-refractivity contribution in [2.24, 2.45) is 5.92 Å². The first kappa shape index (κ1) is 13.9. The van der Waals surface area contributed by atoms with E-state index in [1.165, 1.54) is 0 Å². The summed E-state index contributed by atoms with van der Waals surface area (Å²) in [5.74, 6) is 0.304. The van der Waals surface area contributed by atoms with E-state index in [4.69, 9.17) is 4.74 Å². The fourth-order valence-corrected chi connectivity index (χ4v) is 2.38. The van der Waals surface area contributed by atoms with Gasteiger partial charge in [-0.3, -0.25) is 0 Å². The second-order valence-electron chi connectivity index (χ2n) is 5.11. The van der Waals surface area contributed by atoms with E-state index in [1.54, 1.807) is 4.90 Å².